The summed E-state index contributed by atoms with van der Waals surface area (Å²) < 4.78 is 39.9. The lowest BCUT2D eigenvalue weighted by Gasteiger charge is -2.13. The second kappa shape index (κ2) is 7.55. The molecule has 1 aliphatic heterocycles. The third-order valence-corrected chi connectivity index (χ3v) is 5.02. The van der Waals surface area contributed by atoms with Crippen LogP contribution in [0.5, 0.6) is 11.5 Å². The van der Waals surface area contributed by atoms with E-state index in [1.165, 1.54) is 6.92 Å². The molecule has 0 radical (unpaired) electrons. The summed E-state index contributed by atoms with van der Waals surface area (Å²) in [6.45, 7) is 5.50. The summed E-state index contributed by atoms with van der Waals surface area (Å²) in [7, 11) is 0. The van der Waals surface area contributed by atoms with Crippen LogP contribution >= 0.6 is 0 Å². The Kier molecular flexibility index (Phi) is 5.35. The third-order valence-electron chi connectivity index (χ3n) is 5.02. The fourth-order valence-electron chi connectivity index (χ4n) is 3.22. The maximum absolute atomic E-state index is 14.3. The highest BCUT2D eigenvalue weighted by atomic mass is 19.1. The molecule has 0 amide bonds. The van der Waals surface area contributed by atoms with Crippen LogP contribution in [0.3, 0.4) is 0 Å². The normalized spacial score (nSPS) is 19.3. The maximum atomic E-state index is 14.3. The lowest BCUT2D eigenvalue weighted by atomic mass is 9.97. The zero-order chi connectivity index (χ0) is 19.7. The minimum absolute atomic E-state index is 0.0265. The van der Waals surface area contributed by atoms with Crippen LogP contribution in [0.4, 0.5) is 8.78 Å². The van der Waals surface area contributed by atoms with E-state index >= 15 is 0 Å². The Bertz CT molecular complexity index is 842. The average molecular weight is 376 g/mol. The summed E-state index contributed by atoms with van der Waals surface area (Å²) in [4.78, 5) is 10.9. The van der Waals surface area contributed by atoms with Crippen LogP contribution in [-0.2, 0) is 17.8 Å². The van der Waals surface area contributed by atoms with Gasteiger partial charge >= 0.3 is 5.97 Å². The van der Waals surface area contributed by atoms with Crippen molar-refractivity contribution in [1.82, 2.24) is 0 Å². The summed E-state index contributed by atoms with van der Waals surface area (Å²) in [6.07, 6.45) is 0.0735. The number of carboxylic acid groups (broad SMARTS) is 1. The number of fused-ring (bicyclic) bond motifs is 1. The Morgan fingerprint density at radius 3 is 2.56 bits per heavy atom. The van der Waals surface area contributed by atoms with Crippen molar-refractivity contribution in [3.8, 4) is 11.5 Å². The largest absolute Gasteiger partial charge is 0.489 e. The fourth-order valence-corrected chi connectivity index (χ4v) is 3.22. The zero-order valence-electron chi connectivity index (χ0n) is 15.5. The van der Waals surface area contributed by atoms with Gasteiger partial charge in [0.25, 0.3) is 0 Å². The summed E-state index contributed by atoms with van der Waals surface area (Å²) in [6, 6.07) is 7.90. The smallest absolute Gasteiger partial charge is 0.306 e. The number of hydrogen-bond donors (Lipinski definition) is 1. The lowest BCUT2D eigenvalue weighted by Crippen LogP contribution is -2.13. The third kappa shape index (κ3) is 3.89. The predicted octanol–water partition coefficient (Wildman–Crippen LogP) is 4.69. The SMILES string of the molecule is CC(Cc1cc(F)c(OCc2cccc3c2OC(C)C3C)c(F)c1)C(=O)O. The Morgan fingerprint density at radius 1 is 1.26 bits per heavy atom. The van der Waals surface area contributed by atoms with Gasteiger partial charge in [0, 0.05) is 17.0 Å². The highest BCUT2D eigenvalue weighted by molar-refractivity contribution is 5.69. The van der Waals surface area contributed by atoms with E-state index in [4.69, 9.17) is 14.6 Å². The second-order valence-electron chi connectivity index (χ2n) is 7.07. The van der Waals surface area contributed by atoms with Crippen molar-refractivity contribution in [3.63, 3.8) is 0 Å². The number of aliphatic carboxylic acids is 1. The van der Waals surface area contributed by atoms with Crippen LogP contribution < -0.4 is 9.47 Å². The molecule has 27 heavy (non-hydrogen) atoms. The summed E-state index contributed by atoms with van der Waals surface area (Å²) in [5, 5.41) is 8.94. The standard InChI is InChI=1S/C21H22F2O4/c1-11(21(24)25)7-14-8-17(22)20(18(23)9-14)26-10-15-5-4-6-16-12(2)13(3)27-19(15)16/h4-6,8-9,11-13H,7,10H2,1-3H3,(H,24,25). The number of para-hydroxylation sites is 1. The van der Waals surface area contributed by atoms with Gasteiger partial charge in [0.2, 0.25) is 0 Å². The quantitative estimate of drug-likeness (QED) is 0.795. The molecule has 6 heteroatoms. The van der Waals surface area contributed by atoms with E-state index in [0.29, 0.717) is 5.75 Å². The van der Waals surface area contributed by atoms with Crippen molar-refractivity contribution < 1.29 is 28.2 Å². The van der Waals surface area contributed by atoms with Crippen molar-refractivity contribution in [2.75, 3.05) is 0 Å². The first-order chi connectivity index (χ1) is 12.8. The van der Waals surface area contributed by atoms with Gasteiger partial charge in [-0.1, -0.05) is 32.0 Å². The van der Waals surface area contributed by atoms with E-state index in [1.807, 2.05) is 25.1 Å². The molecule has 4 nitrogen and oxygen atoms in total. The van der Waals surface area contributed by atoms with E-state index in [0.717, 1.165) is 23.3 Å². The van der Waals surface area contributed by atoms with Gasteiger partial charge in [-0.2, -0.15) is 0 Å². The Hall–Kier alpha value is -2.63. The molecule has 2 aromatic carbocycles. The Balaban J connectivity index is 1.77. The molecular weight excluding hydrogens is 354 g/mol. The first-order valence-electron chi connectivity index (χ1n) is 8.90. The molecule has 3 rings (SSSR count). The van der Waals surface area contributed by atoms with E-state index in [9.17, 15) is 13.6 Å². The summed E-state index contributed by atoms with van der Waals surface area (Å²) in [5.74, 6) is -2.97. The van der Waals surface area contributed by atoms with Gasteiger partial charge in [0.15, 0.2) is 17.4 Å². The number of benzene rings is 2. The van der Waals surface area contributed by atoms with E-state index in [-0.39, 0.29) is 30.6 Å². The number of halogens is 2. The highest BCUT2D eigenvalue weighted by Crippen LogP contribution is 2.40. The number of hydrogen-bond acceptors (Lipinski definition) is 3. The Labute approximate surface area is 156 Å². The summed E-state index contributed by atoms with van der Waals surface area (Å²) >= 11 is 0. The van der Waals surface area contributed by atoms with Crippen LogP contribution in [0.15, 0.2) is 30.3 Å². The second-order valence-corrected chi connectivity index (χ2v) is 7.07. The molecule has 0 spiro atoms. The van der Waals surface area contributed by atoms with Crippen LogP contribution in [-0.4, -0.2) is 17.2 Å². The molecule has 0 aliphatic carbocycles. The van der Waals surface area contributed by atoms with Gasteiger partial charge in [0.1, 0.15) is 18.5 Å². The molecule has 1 N–H and O–H groups in total. The molecule has 1 aliphatic rings. The molecule has 2 aromatic rings. The van der Waals surface area contributed by atoms with Crippen molar-refractivity contribution in [1.29, 1.82) is 0 Å². The minimum atomic E-state index is -1.02. The topological polar surface area (TPSA) is 55.8 Å². The first kappa shape index (κ1) is 19.1. The molecule has 0 saturated carbocycles. The number of rotatable bonds is 6. The molecule has 0 bridgehead atoms. The van der Waals surface area contributed by atoms with Crippen molar-refractivity contribution >= 4 is 5.97 Å². The van der Waals surface area contributed by atoms with Gasteiger partial charge in [-0.25, -0.2) is 8.78 Å². The van der Waals surface area contributed by atoms with Crippen molar-refractivity contribution in [2.45, 2.75) is 45.8 Å². The van der Waals surface area contributed by atoms with Crippen molar-refractivity contribution in [3.05, 3.63) is 58.7 Å². The molecule has 1 heterocycles. The number of ether oxygens (including phenoxy) is 2. The maximum Gasteiger partial charge on any atom is 0.306 e. The molecule has 144 valence electrons. The van der Waals surface area contributed by atoms with Gasteiger partial charge in [-0.05, 0) is 31.0 Å². The van der Waals surface area contributed by atoms with Crippen LogP contribution in [0, 0.1) is 17.6 Å². The average Bonchev–Trinajstić information content (AvgIpc) is 2.89. The highest BCUT2D eigenvalue weighted by Gasteiger charge is 2.29. The van der Waals surface area contributed by atoms with Gasteiger partial charge in [0.05, 0.1) is 5.92 Å². The summed E-state index contributed by atoms with van der Waals surface area (Å²) in [5.41, 5.74) is 2.06. The van der Waals surface area contributed by atoms with Crippen LogP contribution in [0.25, 0.3) is 0 Å². The van der Waals surface area contributed by atoms with E-state index < -0.39 is 29.3 Å². The first-order valence-corrected chi connectivity index (χ1v) is 8.90. The van der Waals surface area contributed by atoms with Gasteiger partial charge in [-0.3, -0.25) is 4.79 Å². The van der Waals surface area contributed by atoms with Crippen molar-refractivity contribution in [2.24, 2.45) is 5.92 Å². The molecule has 0 aromatic heterocycles. The Morgan fingerprint density at radius 2 is 1.93 bits per heavy atom. The molecule has 0 saturated heterocycles. The monoisotopic (exact) mass is 376 g/mol. The van der Waals surface area contributed by atoms with Crippen LogP contribution in [0.1, 0.15) is 43.4 Å². The predicted molar refractivity (Wildman–Crippen MR) is 96.1 cm³/mol. The van der Waals surface area contributed by atoms with Gasteiger partial charge < -0.3 is 14.6 Å². The molecule has 3 unspecified atom stereocenters. The van der Waals surface area contributed by atoms with E-state index in [2.05, 4.69) is 6.92 Å². The van der Waals surface area contributed by atoms with Crippen LogP contribution in [0.2, 0.25) is 0 Å². The number of carboxylic acids is 1. The van der Waals surface area contributed by atoms with Gasteiger partial charge in [-0.15, -0.1) is 0 Å². The fraction of sp³-hybridized carbons (Fsp3) is 0.381. The molecule has 3 atom stereocenters. The molecule has 0 fully saturated rings. The van der Waals surface area contributed by atoms with E-state index in [1.54, 1.807) is 0 Å². The number of carbonyl (C=O) groups is 1. The lowest BCUT2D eigenvalue weighted by molar-refractivity contribution is -0.141. The zero-order valence-corrected chi connectivity index (χ0v) is 15.5. The molecular formula is C21H22F2O4. The minimum Gasteiger partial charge on any atom is -0.489 e.